The number of benzene rings is 1. The van der Waals surface area contributed by atoms with Gasteiger partial charge in [0.25, 0.3) is 0 Å². The van der Waals surface area contributed by atoms with Crippen molar-refractivity contribution in [2.75, 3.05) is 6.61 Å². The first-order valence-electron chi connectivity index (χ1n) is 5.22. The van der Waals surface area contributed by atoms with E-state index < -0.39 is 11.7 Å². The van der Waals surface area contributed by atoms with Gasteiger partial charge < -0.3 is 5.11 Å². The molecule has 17 heavy (non-hydrogen) atoms. The molecule has 1 nitrogen and oxygen atoms in total. The lowest BCUT2D eigenvalue weighted by Gasteiger charge is -2.23. The van der Waals surface area contributed by atoms with Crippen LogP contribution in [0.1, 0.15) is 25.8 Å². The highest BCUT2D eigenvalue weighted by atomic mass is 32.2. The molecule has 0 aromatic heterocycles. The van der Waals surface area contributed by atoms with Crippen LogP contribution < -0.4 is 0 Å². The van der Waals surface area contributed by atoms with Gasteiger partial charge in [-0.25, -0.2) is 0 Å². The Morgan fingerprint density at radius 1 is 1.24 bits per heavy atom. The van der Waals surface area contributed by atoms with Crippen LogP contribution in [0.15, 0.2) is 29.2 Å². The summed E-state index contributed by atoms with van der Waals surface area (Å²) in [6.45, 7) is 3.82. The molecule has 1 aromatic carbocycles. The van der Waals surface area contributed by atoms with E-state index in [4.69, 9.17) is 5.11 Å². The summed E-state index contributed by atoms with van der Waals surface area (Å²) in [5.74, 6) is 0. The molecule has 1 aromatic rings. The molecule has 0 bridgehead atoms. The van der Waals surface area contributed by atoms with Gasteiger partial charge in [-0.05, 0) is 24.6 Å². The monoisotopic (exact) mass is 264 g/mol. The minimum absolute atomic E-state index is 0.0267. The average Bonchev–Trinajstić information content (AvgIpc) is 2.15. The molecule has 96 valence electrons. The predicted molar refractivity (Wildman–Crippen MR) is 63.1 cm³/mol. The molecular weight excluding hydrogens is 249 g/mol. The van der Waals surface area contributed by atoms with E-state index in [9.17, 15) is 13.2 Å². The third-order valence-corrected chi connectivity index (χ3v) is 3.52. The standard InChI is InChI=1S/C12H15F3OS/c1-11(2,6-7-16)17-10-5-3-4-9(8-10)12(13,14)15/h3-5,8,16H,6-7H2,1-2H3. The van der Waals surface area contributed by atoms with E-state index in [1.807, 2.05) is 13.8 Å². The number of halogens is 3. The topological polar surface area (TPSA) is 20.2 Å². The van der Waals surface area contributed by atoms with E-state index in [1.54, 1.807) is 6.07 Å². The summed E-state index contributed by atoms with van der Waals surface area (Å²) in [7, 11) is 0. The van der Waals surface area contributed by atoms with Gasteiger partial charge in [0.15, 0.2) is 0 Å². The zero-order chi connectivity index (χ0) is 13.1. The Bertz CT molecular complexity index is 374. The average molecular weight is 264 g/mol. The Morgan fingerprint density at radius 2 is 1.88 bits per heavy atom. The van der Waals surface area contributed by atoms with Crippen molar-refractivity contribution in [3.8, 4) is 0 Å². The van der Waals surface area contributed by atoms with Gasteiger partial charge in [0.05, 0.1) is 5.56 Å². The first kappa shape index (κ1) is 14.4. The highest BCUT2D eigenvalue weighted by Gasteiger charge is 2.31. The molecule has 0 saturated heterocycles. The fourth-order valence-corrected chi connectivity index (χ4v) is 2.54. The predicted octanol–water partition coefficient (Wildman–Crippen LogP) is 3.96. The van der Waals surface area contributed by atoms with Crippen LogP contribution in [0.25, 0.3) is 0 Å². The molecule has 0 aliphatic rings. The molecule has 5 heteroatoms. The number of thioether (sulfide) groups is 1. The lowest BCUT2D eigenvalue weighted by Crippen LogP contribution is -2.16. The van der Waals surface area contributed by atoms with Crippen molar-refractivity contribution in [3.05, 3.63) is 29.8 Å². The van der Waals surface area contributed by atoms with E-state index >= 15 is 0 Å². The molecule has 0 aliphatic carbocycles. The molecule has 0 unspecified atom stereocenters. The van der Waals surface area contributed by atoms with Crippen LogP contribution in [0, 0.1) is 0 Å². The molecular formula is C12H15F3OS. The van der Waals surface area contributed by atoms with Gasteiger partial charge >= 0.3 is 6.18 Å². The minimum Gasteiger partial charge on any atom is -0.396 e. The van der Waals surface area contributed by atoms with Gasteiger partial charge in [0, 0.05) is 16.2 Å². The smallest absolute Gasteiger partial charge is 0.396 e. The molecule has 0 atom stereocenters. The second-order valence-corrected chi connectivity index (χ2v) is 6.14. The molecule has 0 radical (unpaired) electrons. The van der Waals surface area contributed by atoms with Crippen LogP contribution in [0.5, 0.6) is 0 Å². The molecule has 0 fully saturated rings. The summed E-state index contributed by atoms with van der Waals surface area (Å²) < 4.78 is 37.2. The molecule has 1 rings (SSSR count). The maximum atomic E-state index is 12.5. The number of aliphatic hydroxyl groups excluding tert-OH is 1. The summed E-state index contributed by atoms with van der Waals surface area (Å²) in [5, 5.41) is 8.87. The number of hydrogen-bond acceptors (Lipinski definition) is 2. The maximum Gasteiger partial charge on any atom is 0.416 e. The zero-order valence-electron chi connectivity index (χ0n) is 9.71. The summed E-state index contributed by atoms with van der Waals surface area (Å²) >= 11 is 1.34. The molecule has 0 aliphatic heterocycles. The summed E-state index contributed by atoms with van der Waals surface area (Å²) in [6, 6.07) is 5.26. The van der Waals surface area contributed by atoms with Crippen LogP contribution in [-0.2, 0) is 6.18 Å². The second kappa shape index (κ2) is 5.31. The second-order valence-electron chi connectivity index (χ2n) is 4.36. The van der Waals surface area contributed by atoms with Crippen molar-refractivity contribution in [1.82, 2.24) is 0 Å². The first-order valence-corrected chi connectivity index (χ1v) is 6.03. The van der Waals surface area contributed by atoms with Crippen LogP contribution >= 0.6 is 11.8 Å². The Balaban J connectivity index is 2.86. The Hall–Kier alpha value is -0.680. The van der Waals surface area contributed by atoms with Gasteiger partial charge in [-0.2, -0.15) is 13.2 Å². The fourth-order valence-electron chi connectivity index (χ4n) is 1.38. The molecule has 0 spiro atoms. The number of aliphatic hydroxyl groups is 1. The molecule has 0 saturated carbocycles. The number of hydrogen-bond donors (Lipinski definition) is 1. The summed E-state index contributed by atoms with van der Waals surface area (Å²) in [6.07, 6.45) is -3.77. The van der Waals surface area contributed by atoms with E-state index in [2.05, 4.69) is 0 Å². The first-order chi connectivity index (χ1) is 7.74. The van der Waals surface area contributed by atoms with Crippen LogP contribution in [0.4, 0.5) is 13.2 Å². The summed E-state index contributed by atoms with van der Waals surface area (Å²) in [4.78, 5) is 0.568. The van der Waals surface area contributed by atoms with Crippen molar-refractivity contribution >= 4 is 11.8 Å². The van der Waals surface area contributed by atoms with Crippen molar-refractivity contribution in [3.63, 3.8) is 0 Å². The third-order valence-electron chi connectivity index (χ3n) is 2.27. The maximum absolute atomic E-state index is 12.5. The zero-order valence-corrected chi connectivity index (χ0v) is 10.5. The SMILES string of the molecule is CC(C)(CCO)Sc1cccc(C(F)(F)F)c1. The highest BCUT2D eigenvalue weighted by Crippen LogP contribution is 2.37. The van der Waals surface area contributed by atoms with Crippen molar-refractivity contribution in [1.29, 1.82) is 0 Å². The Labute approximate surface area is 103 Å². The van der Waals surface area contributed by atoms with E-state index in [0.29, 0.717) is 11.3 Å². The van der Waals surface area contributed by atoms with E-state index in [1.165, 1.54) is 17.8 Å². The Morgan fingerprint density at radius 3 is 2.41 bits per heavy atom. The largest absolute Gasteiger partial charge is 0.416 e. The van der Waals surface area contributed by atoms with Gasteiger partial charge in [-0.15, -0.1) is 11.8 Å². The van der Waals surface area contributed by atoms with Gasteiger partial charge in [-0.3, -0.25) is 0 Å². The quantitative estimate of drug-likeness (QED) is 0.831. The van der Waals surface area contributed by atoms with Crippen molar-refractivity contribution in [2.45, 2.75) is 36.1 Å². The van der Waals surface area contributed by atoms with Crippen molar-refractivity contribution in [2.24, 2.45) is 0 Å². The molecule has 0 heterocycles. The van der Waals surface area contributed by atoms with E-state index in [0.717, 1.165) is 12.1 Å². The fraction of sp³-hybridized carbons (Fsp3) is 0.500. The van der Waals surface area contributed by atoms with Crippen LogP contribution in [-0.4, -0.2) is 16.5 Å². The lowest BCUT2D eigenvalue weighted by molar-refractivity contribution is -0.137. The summed E-state index contributed by atoms with van der Waals surface area (Å²) in [5.41, 5.74) is -0.637. The number of rotatable bonds is 4. The molecule has 1 N–H and O–H groups in total. The normalized spacial score (nSPS) is 12.8. The van der Waals surface area contributed by atoms with Gasteiger partial charge in [0.1, 0.15) is 0 Å². The number of alkyl halides is 3. The lowest BCUT2D eigenvalue weighted by atomic mass is 10.1. The van der Waals surface area contributed by atoms with Gasteiger partial charge in [-0.1, -0.05) is 19.9 Å². The highest BCUT2D eigenvalue weighted by molar-refractivity contribution is 8.00. The van der Waals surface area contributed by atoms with E-state index in [-0.39, 0.29) is 11.4 Å². The van der Waals surface area contributed by atoms with Crippen molar-refractivity contribution < 1.29 is 18.3 Å². The van der Waals surface area contributed by atoms with Crippen LogP contribution in [0.3, 0.4) is 0 Å². The van der Waals surface area contributed by atoms with Crippen LogP contribution in [0.2, 0.25) is 0 Å². The third kappa shape index (κ3) is 4.60. The Kier molecular flexibility index (Phi) is 4.49. The minimum atomic E-state index is -4.31. The molecule has 0 amide bonds. The van der Waals surface area contributed by atoms with Gasteiger partial charge in [0.2, 0.25) is 0 Å².